The smallest absolute Gasteiger partial charge is 0.270 e. The summed E-state index contributed by atoms with van der Waals surface area (Å²) in [5.74, 6) is -0.00667. The van der Waals surface area contributed by atoms with E-state index in [4.69, 9.17) is 0 Å². The summed E-state index contributed by atoms with van der Waals surface area (Å²) in [6.07, 6.45) is 2.22. The van der Waals surface area contributed by atoms with Gasteiger partial charge in [-0.25, -0.2) is 14.4 Å². The van der Waals surface area contributed by atoms with E-state index in [-0.39, 0.29) is 17.4 Å². The topological polar surface area (TPSA) is 66.9 Å². The minimum absolute atomic E-state index is 0.282. The van der Waals surface area contributed by atoms with Crippen LogP contribution in [-0.4, -0.2) is 22.4 Å². The minimum atomic E-state index is -0.304. The molecule has 0 aliphatic rings. The summed E-state index contributed by atoms with van der Waals surface area (Å²) in [6, 6.07) is 17.7. The molecule has 0 unspecified atom stereocenters. The highest BCUT2D eigenvalue weighted by Crippen LogP contribution is 2.07. The first-order valence-electron chi connectivity index (χ1n) is 8.33. The number of hydrogen-bond donors (Lipinski definition) is 2. The molecule has 2 N–H and O–H groups in total. The van der Waals surface area contributed by atoms with Crippen molar-refractivity contribution >= 4 is 11.7 Å². The molecule has 0 atom stereocenters. The number of amides is 1. The van der Waals surface area contributed by atoms with Gasteiger partial charge in [0.05, 0.1) is 0 Å². The van der Waals surface area contributed by atoms with E-state index in [0.29, 0.717) is 18.9 Å². The van der Waals surface area contributed by atoms with Crippen molar-refractivity contribution in [3.05, 3.63) is 89.6 Å². The Hall–Kier alpha value is -3.28. The number of hydrogen-bond acceptors (Lipinski definition) is 4. The molecule has 5 nitrogen and oxygen atoms in total. The maximum absolute atomic E-state index is 12.9. The molecule has 0 fully saturated rings. The Balaban J connectivity index is 1.52. The summed E-state index contributed by atoms with van der Waals surface area (Å²) in [5.41, 5.74) is 2.32. The van der Waals surface area contributed by atoms with Crippen LogP contribution in [0.4, 0.5) is 10.2 Å². The first kappa shape index (κ1) is 17.5. The molecule has 3 rings (SSSR count). The lowest BCUT2D eigenvalue weighted by atomic mass is 10.1. The van der Waals surface area contributed by atoms with E-state index in [1.807, 2.05) is 18.2 Å². The van der Waals surface area contributed by atoms with Gasteiger partial charge >= 0.3 is 0 Å². The Labute approximate surface area is 151 Å². The monoisotopic (exact) mass is 350 g/mol. The first-order valence-corrected chi connectivity index (χ1v) is 8.33. The molecule has 1 aromatic heterocycles. The molecule has 0 saturated heterocycles. The molecule has 1 heterocycles. The predicted octanol–water partition coefficient (Wildman–Crippen LogP) is 3.20. The van der Waals surface area contributed by atoms with Gasteiger partial charge in [0.1, 0.15) is 23.7 Å². The van der Waals surface area contributed by atoms with Crippen LogP contribution < -0.4 is 10.6 Å². The second-order valence-electron chi connectivity index (χ2n) is 5.76. The highest BCUT2D eigenvalue weighted by atomic mass is 19.1. The average molecular weight is 350 g/mol. The number of anilines is 1. The third-order valence-corrected chi connectivity index (χ3v) is 3.83. The van der Waals surface area contributed by atoms with E-state index in [1.54, 1.807) is 18.2 Å². The largest absolute Gasteiger partial charge is 0.370 e. The van der Waals surface area contributed by atoms with Crippen LogP contribution in [0.2, 0.25) is 0 Å². The maximum atomic E-state index is 12.9. The molecule has 26 heavy (non-hydrogen) atoms. The fourth-order valence-electron chi connectivity index (χ4n) is 2.43. The molecule has 0 spiro atoms. The second kappa shape index (κ2) is 8.71. The van der Waals surface area contributed by atoms with Gasteiger partial charge in [0, 0.05) is 19.2 Å². The summed E-state index contributed by atoms with van der Waals surface area (Å²) >= 11 is 0. The predicted molar refractivity (Wildman–Crippen MR) is 98.2 cm³/mol. The Kier molecular flexibility index (Phi) is 5.88. The minimum Gasteiger partial charge on any atom is -0.370 e. The summed E-state index contributed by atoms with van der Waals surface area (Å²) in [5, 5.41) is 5.96. The fraction of sp³-hybridized carbons (Fsp3) is 0.150. The van der Waals surface area contributed by atoms with Crippen LogP contribution in [0.5, 0.6) is 0 Å². The zero-order valence-electron chi connectivity index (χ0n) is 14.2. The van der Waals surface area contributed by atoms with Gasteiger partial charge in [0.15, 0.2) is 0 Å². The third kappa shape index (κ3) is 5.11. The lowest BCUT2D eigenvalue weighted by molar-refractivity contribution is 0.0946. The van der Waals surface area contributed by atoms with Crippen molar-refractivity contribution < 1.29 is 9.18 Å². The molecule has 6 heteroatoms. The number of benzene rings is 2. The summed E-state index contributed by atoms with van der Waals surface area (Å²) in [4.78, 5) is 20.4. The number of carbonyl (C=O) groups excluding carboxylic acids is 1. The summed E-state index contributed by atoms with van der Waals surface area (Å²) in [7, 11) is 0. The van der Waals surface area contributed by atoms with E-state index in [1.165, 1.54) is 24.0 Å². The van der Waals surface area contributed by atoms with Crippen LogP contribution in [-0.2, 0) is 13.0 Å². The number of aromatic nitrogens is 2. The van der Waals surface area contributed by atoms with E-state index in [0.717, 1.165) is 12.0 Å². The lowest BCUT2D eigenvalue weighted by Gasteiger charge is -2.08. The van der Waals surface area contributed by atoms with Crippen LogP contribution in [0.15, 0.2) is 67.0 Å². The Bertz CT molecular complexity index is 853. The molecular formula is C20H19FN4O. The van der Waals surface area contributed by atoms with Gasteiger partial charge in [-0.1, -0.05) is 42.5 Å². The number of nitrogens with zero attached hydrogens (tertiary/aromatic N) is 2. The maximum Gasteiger partial charge on any atom is 0.270 e. The Morgan fingerprint density at radius 1 is 0.962 bits per heavy atom. The van der Waals surface area contributed by atoms with Gasteiger partial charge in [0.25, 0.3) is 5.91 Å². The van der Waals surface area contributed by atoms with Gasteiger partial charge in [-0.15, -0.1) is 0 Å². The average Bonchev–Trinajstić information content (AvgIpc) is 2.68. The van der Waals surface area contributed by atoms with Crippen molar-refractivity contribution in [2.75, 3.05) is 11.9 Å². The lowest BCUT2D eigenvalue weighted by Crippen LogP contribution is -2.24. The SMILES string of the molecule is O=C(NCc1ccc(F)cc1)c1cc(NCCc2ccccc2)ncn1. The number of halogens is 1. The van der Waals surface area contributed by atoms with Gasteiger partial charge < -0.3 is 10.6 Å². The quantitative estimate of drug-likeness (QED) is 0.687. The van der Waals surface area contributed by atoms with E-state index >= 15 is 0 Å². The highest BCUT2D eigenvalue weighted by Gasteiger charge is 2.08. The van der Waals surface area contributed by atoms with E-state index < -0.39 is 0 Å². The Morgan fingerprint density at radius 2 is 1.73 bits per heavy atom. The van der Waals surface area contributed by atoms with Crippen molar-refractivity contribution in [1.29, 1.82) is 0 Å². The third-order valence-electron chi connectivity index (χ3n) is 3.83. The molecule has 0 saturated carbocycles. The van der Waals surface area contributed by atoms with Gasteiger partial charge in [-0.05, 0) is 29.7 Å². The number of carbonyl (C=O) groups is 1. The molecule has 1 amide bonds. The van der Waals surface area contributed by atoms with Crippen LogP contribution in [0.25, 0.3) is 0 Å². The van der Waals surface area contributed by atoms with Crippen LogP contribution in [0.3, 0.4) is 0 Å². The molecule has 132 valence electrons. The van der Waals surface area contributed by atoms with Crippen molar-refractivity contribution in [3.63, 3.8) is 0 Å². The zero-order valence-corrected chi connectivity index (χ0v) is 14.2. The zero-order chi connectivity index (χ0) is 18.2. The van der Waals surface area contributed by atoms with Gasteiger partial charge in [0.2, 0.25) is 0 Å². The molecule has 2 aromatic carbocycles. The molecule has 3 aromatic rings. The van der Waals surface area contributed by atoms with Crippen molar-refractivity contribution in [3.8, 4) is 0 Å². The molecule has 0 radical (unpaired) electrons. The summed E-state index contributed by atoms with van der Waals surface area (Å²) < 4.78 is 12.9. The number of nitrogens with one attached hydrogen (secondary N) is 2. The van der Waals surface area contributed by atoms with Crippen LogP contribution in [0.1, 0.15) is 21.6 Å². The van der Waals surface area contributed by atoms with Gasteiger partial charge in [-0.2, -0.15) is 0 Å². The van der Waals surface area contributed by atoms with E-state index in [2.05, 4.69) is 32.7 Å². The van der Waals surface area contributed by atoms with Gasteiger partial charge in [-0.3, -0.25) is 4.79 Å². The fourth-order valence-corrected chi connectivity index (χ4v) is 2.43. The van der Waals surface area contributed by atoms with Crippen molar-refractivity contribution in [2.24, 2.45) is 0 Å². The normalized spacial score (nSPS) is 10.3. The molecule has 0 aliphatic carbocycles. The van der Waals surface area contributed by atoms with Crippen LogP contribution in [0, 0.1) is 5.82 Å². The molecule has 0 bridgehead atoms. The highest BCUT2D eigenvalue weighted by molar-refractivity contribution is 5.92. The second-order valence-corrected chi connectivity index (χ2v) is 5.76. The summed E-state index contributed by atoms with van der Waals surface area (Å²) in [6.45, 7) is 1.01. The number of rotatable bonds is 7. The Morgan fingerprint density at radius 3 is 2.50 bits per heavy atom. The molecular weight excluding hydrogens is 331 g/mol. The van der Waals surface area contributed by atoms with E-state index in [9.17, 15) is 9.18 Å². The van der Waals surface area contributed by atoms with Crippen molar-refractivity contribution in [1.82, 2.24) is 15.3 Å². The molecule has 0 aliphatic heterocycles. The van der Waals surface area contributed by atoms with Crippen LogP contribution >= 0.6 is 0 Å². The first-order chi connectivity index (χ1) is 12.7. The van der Waals surface area contributed by atoms with Crippen molar-refractivity contribution in [2.45, 2.75) is 13.0 Å². The standard InChI is InChI=1S/C20H19FN4O/c21-17-8-6-16(7-9-17)13-23-20(26)18-12-19(25-14-24-18)22-11-10-15-4-2-1-3-5-15/h1-9,12,14H,10-11,13H2,(H,23,26)(H,22,24,25).